The van der Waals surface area contributed by atoms with E-state index in [1.807, 2.05) is 42.2 Å². The average Bonchev–Trinajstić information content (AvgIpc) is 2.83. The lowest BCUT2D eigenvalue weighted by Crippen LogP contribution is -2.44. The van der Waals surface area contributed by atoms with Crippen molar-refractivity contribution in [3.8, 4) is 0 Å². The molecule has 3 rings (SSSR count). The Morgan fingerprint density at radius 1 is 1.30 bits per heavy atom. The molecule has 0 fully saturated rings. The summed E-state index contributed by atoms with van der Waals surface area (Å²) in [5.74, 6) is 0.889. The van der Waals surface area contributed by atoms with Crippen LogP contribution in [-0.4, -0.2) is 22.0 Å². The van der Waals surface area contributed by atoms with E-state index >= 15 is 0 Å². The highest BCUT2D eigenvalue weighted by Gasteiger charge is 2.31. The quantitative estimate of drug-likeness (QED) is 0.932. The molecule has 1 aliphatic rings. The number of benzene rings is 1. The van der Waals surface area contributed by atoms with Crippen molar-refractivity contribution in [2.24, 2.45) is 0 Å². The fraction of sp³-hybridized carbons (Fsp3) is 0.312. The average molecular weight is 271 g/mol. The van der Waals surface area contributed by atoms with E-state index in [9.17, 15) is 9.90 Å². The minimum Gasteiger partial charge on any atom is -0.480 e. The van der Waals surface area contributed by atoms with E-state index in [4.69, 9.17) is 4.42 Å². The smallest absolute Gasteiger partial charge is 0.321 e. The van der Waals surface area contributed by atoms with Crippen molar-refractivity contribution >= 4 is 5.97 Å². The highest BCUT2D eigenvalue weighted by Crippen LogP contribution is 2.25. The van der Waals surface area contributed by atoms with Crippen molar-refractivity contribution in [1.29, 1.82) is 0 Å². The van der Waals surface area contributed by atoms with Gasteiger partial charge in [-0.15, -0.1) is 0 Å². The lowest BCUT2D eigenvalue weighted by molar-refractivity contribution is -0.144. The van der Waals surface area contributed by atoms with Crippen LogP contribution in [0.3, 0.4) is 0 Å². The molecule has 0 spiro atoms. The minimum absolute atomic E-state index is 0.490. The number of carboxylic acid groups (broad SMARTS) is 1. The number of furan rings is 1. The van der Waals surface area contributed by atoms with Gasteiger partial charge in [0.15, 0.2) is 0 Å². The molecule has 0 aliphatic carbocycles. The van der Waals surface area contributed by atoms with Gasteiger partial charge in [0.05, 0.1) is 6.54 Å². The molecule has 1 aromatic heterocycles. The van der Waals surface area contributed by atoms with Gasteiger partial charge in [-0.25, -0.2) is 0 Å². The molecular weight excluding hydrogens is 254 g/mol. The van der Waals surface area contributed by atoms with Gasteiger partial charge in [-0.05, 0) is 36.6 Å². The molecule has 1 atom stereocenters. The van der Waals surface area contributed by atoms with Crippen molar-refractivity contribution in [3.63, 3.8) is 0 Å². The van der Waals surface area contributed by atoms with Gasteiger partial charge in [-0.1, -0.05) is 24.3 Å². The summed E-state index contributed by atoms with van der Waals surface area (Å²) in [5, 5.41) is 9.45. The van der Waals surface area contributed by atoms with Crippen molar-refractivity contribution in [1.82, 2.24) is 4.90 Å². The van der Waals surface area contributed by atoms with Gasteiger partial charge in [0.2, 0.25) is 0 Å². The molecule has 104 valence electrons. The number of nitrogens with zero attached hydrogens (tertiary/aromatic N) is 1. The summed E-state index contributed by atoms with van der Waals surface area (Å²) in [6, 6.07) is 11.4. The topological polar surface area (TPSA) is 53.7 Å². The van der Waals surface area contributed by atoms with Crippen molar-refractivity contribution < 1.29 is 14.3 Å². The van der Waals surface area contributed by atoms with Crippen molar-refractivity contribution in [2.45, 2.75) is 32.5 Å². The zero-order chi connectivity index (χ0) is 14.1. The molecule has 0 saturated carbocycles. The Morgan fingerprint density at radius 2 is 2.05 bits per heavy atom. The van der Waals surface area contributed by atoms with Crippen LogP contribution in [0.2, 0.25) is 0 Å². The molecule has 4 heteroatoms. The zero-order valence-corrected chi connectivity index (χ0v) is 11.4. The predicted molar refractivity (Wildman–Crippen MR) is 74.3 cm³/mol. The second kappa shape index (κ2) is 5.13. The number of hydrogen-bond acceptors (Lipinski definition) is 3. The van der Waals surface area contributed by atoms with Crippen LogP contribution in [-0.2, 0) is 24.3 Å². The van der Waals surface area contributed by atoms with E-state index in [0.717, 1.165) is 17.1 Å². The first-order chi connectivity index (χ1) is 9.63. The molecule has 2 aromatic rings. The molecule has 1 aliphatic heterocycles. The number of carboxylic acids is 1. The number of carbonyl (C=O) groups is 1. The van der Waals surface area contributed by atoms with Gasteiger partial charge in [0, 0.05) is 6.54 Å². The Kier molecular flexibility index (Phi) is 3.32. The normalized spacial score (nSPS) is 18.8. The van der Waals surface area contributed by atoms with Gasteiger partial charge in [-0.2, -0.15) is 0 Å². The maximum Gasteiger partial charge on any atom is 0.321 e. The highest BCUT2D eigenvalue weighted by molar-refractivity contribution is 5.74. The van der Waals surface area contributed by atoms with E-state index in [1.165, 1.54) is 5.56 Å². The monoisotopic (exact) mass is 271 g/mol. The van der Waals surface area contributed by atoms with Crippen LogP contribution in [0.5, 0.6) is 0 Å². The number of rotatable bonds is 3. The molecule has 0 bridgehead atoms. The second-order valence-corrected chi connectivity index (χ2v) is 5.24. The second-order valence-electron chi connectivity index (χ2n) is 5.24. The summed E-state index contributed by atoms with van der Waals surface area (Å²) in [6.07, 6.45) is 0.547. The Labute approximate surface area is 117 Å². The standard InChI is InChI=1S/C16H17NO3/c1-11-6-7-14(20-11)10-17-9-13-5-3-2-4-12(13)8-15(17)16(18)19/h2-7,15H,8-10H2,1H3,(H,18,19)/t15-/m0/s1. The molecule has 0 amide bonds. The van der Waals surface area contributed by atoms with E-state index < -0.39 is 12.0 Å². The molecule has 0 radical (unpaired) electrons. The van der Waals surface area contributed by atoms with Gasteiger partial charge < -0.3 is 9.52 Å². The number of fused-ring (bicyclic) bond motifs is 1. The first kappa shape index (κ1) is 12.9. The fourth-order valence-electron chi connectivity index (χ4n) is 2.76. The molecule has 2 heterocycles. The minimum atomic E-state index is -0.775. The SMILES string of the molecule is Cc1ccc(CN2Cc3ccccc3C[C@H]2C(=O)O)o1. The highest BCUT2D eigenvalue weighted by atomic mass is 16.4. The van der Waals surface area contributed by atoms with Gasteiger partial charge in [0.1, 0.15) is 17.6 Å². The van der Waals surface area contributed by atoms with Crippen molar-refractivity contribution in [2.75, 3.05) is 0 Å². The number of aryl methyl sites for hydroxylation is 1. The first-order valence-corrected chi connectivity index (χ1v) is 6.72. The number of aliphatic carboxylic acids is 1. The largest absolute Gasteiger partial charge is 0.480 e. The Balaban J connectivity index is 1.86. The van der Waals surface area contributed by atoms with Crippen LogP contribution in [0.15, 0.2) is 40.8 Å². The lowest BCUT2D eigenvalue weighted by atomic mass is 9.94. The van der Waals surface area contributed by atoms with Crippen molar-refractivity contribution in [3.05, 3.63) is 59.0 Å². The summed E-state index contributed by atoms with van der Waals surface area (Å²) in [5.41, 5.74) is 2.33. The molecule has 1 aromatic carbocycles. The summed E-state index contributed by atoms with van der Waals surface area (Å²) in [6.45, 7) is 3.07. The van der Waals surface area contributed by atoms with E-state index in [2.05, 4.69) is 6.07 Å². The van der Waals surface area contributed by atoms with Gasteiger partial charge >= 0.3 is 5.97 Å². The molecule has 0 saturated heterocycles. The summed E-state index contributed by atoms with van der Waals surface area (Å²) in [7, 11) is 0. The summed E-state index contributed by atoms with van der Waals surface area (Å²) < 4.78 is 5.57. The van der Waals surface area contributed by atoms with Gasteiger partial charge in [0.25, 0.3) is 0 Å². The first-order valence-electron chi connectivity index (χ1n) is 6.72. The molecule has 1 N–H and O–H groups in total. The van der Waals surface area contributed by atoms with Crippen LogP contribution < -0.4 is 0 Å². The molecular formula is C16H17NO3. The Bertz CT molecular complexity index is 632. The van der Waals surface area contributed by atoms with Crippen LogP contribution in [0.4, 0.5) is 0 Å². The van der Waals surface area contributed by atoms with Crippen LogP contribution in [0.25, 0.3) is 0 Å². The molecule has 0 unspecified atom stereocenters. The van der Waals surface area contributed by atoms with Crippen LogP contribution in [0, 0.1) is 6.92 Å². The third-order valence-corrected chi connectivity index (χ3v) is 3.79. The maximum absolute atomic E-state index is 11.5. The van der Waals surface area contributed by atoms with E-state index in [0.29, 0.717) is 19.5 Å². The third-order valence-electron chi connectivity index (χ3n) is 3.79. The summed E-state index contributed by atoms with van der Waals surface area (Å²) in [4.78, 5) is 13.5. The van der Waals surface area contributed by atoms with E-state index in [-0.39, 0.29) is 0 Å². The fourth-order valence-corrected chi connectivity index (χ4v) is 2.76. The lowest BCUT2D eigenvalue weighted by Gasteiger charge is -2.33. The Morgan fingerprint density at radius 3 is 2.70 bits per heavy atom. The predicted octanol–water partition coefficient (Wildman–Crippen LogP) is 2.60. The maximum atomic E-state index is 11.5. The Hall–Kier alpha value is -2.07. The zero-order valence-electron chi connectivity index (χ0n) is 11.4. The molecule has 4 nitrogen and oxygen atoms in total. The van der Waals surface area contributed by atoms with Crippen LogP contribution >= 0.6 is 0 Å². The van der Waals surface area contributed by atoms with Crippen LogP contribution in [0.1, 0.15) is 22.6 Å². The molecule has 20 heavy (non-hydrogen) atoms. The number of hydrogen-bond donors (Lipinski definition) is 1. The van der Waals surface area contributed by atoms with E-state index in [1.54, 1.807) is 0 Å². The van der Waals surface area contributed by atoms with Gasteiger partial charge in [-0.3, -0.25) is 9.69 Å². The summed E-state index contributed by atoms with van der Waals surface area (Å²) >= 11 is 0. The third kappa shape index (κ3) is 2.47.